The molecule has 0 aliphatic heterocycles. The van der Waals surface area contributed by atoms with Gasteiger partial charge in [0.25, 0.3) is 5.91 Å². The van der Waals surface area contributed by atoms with Crippen LogP contribution >= 0.6 is 0 Å². The number of rotatable bonds is 4. The highest BCUT2D eigenvalue weighted by Gasteiger charge is 2.45. The van der Waals surface area contributed by atoms with Gasteiger partial charge in [0.1, 0.15) is 0 Å². The van der Waals surface area contributed by atoms with Crippen LogP contribution in [-0.4, -0.2) is 24.1 Å². The number of nitrogens with two attached hydrogens (primary N) is 1. The smallest absolute Gasteiger partial charge is 0.257 e. The van der Waals surface area contributed by atoms with Crippen molar-refractivity contribution in [3.05, 3.63) is 35.9 Å². The second kappa shape index (κ2) is 7.98. The van der Waals surface area contributed by atoms with Crippen molar-refractivity contribution in [2.45, 2.75) is 37.7 Å². The Morgan fingerprint density at radius 3 is 2.55 bits per heavy atom. The maximum absolute atomic E-state index is 12.7. The van der Waals surface area contributed by atoms with Crippen LogP contribution in [0.4, 0.5) is 0 Å². The summed E-state index contributed by atoms with van der Waals surface area (Å²) < 4.78 is 0. The van der Waals surface area contributed by atoms with Gasteiger partial charge in [0.05, 0.1) is 13.1 Å². The van der Waals surface area contributed by atoms with Gasteiger partial charge < -0.3 is 16.2 Å². The minimum absolute atomic E-state index is 0.0499. The summed E-state index contributed by atoms with van der Waals surface area (Å²) in [6.07, 6.45) is 5.02. The third-order valence-electron chi connectivity index (χ3n) is 4.32. The lowest BCUT2D eigenvalue weighted by Gasteiger charge is -2.37. The Kier molecular flexibility index (Phi) is 6.00. The van der Waals surface area contributed by atoms with Gasteiger partial charge in [-0.1, -0.05) is 61.4 Å². The van der Waals surface area contributed by atoms with Gasteiger partial charge in [-0.15, -0.1) is 0 Å². The summed E-state index contributed by atoms with van der Waals surface area (Å²) in [5.74, 6) is 5.07. The van der Waals surface area contributed by atoms with Crippen LogP contribution in [0.1, 0.15) is 37.7 Å². The minimum Gasteiger partial charge on any atom is -0.375 e. The van der Waals surface area contributed by atoms with Crippen molar-refractivity contribution in [3.8, 4) is 11.8 Å². The Morgan fingerprint density at radius 1 is 1.23 bits per heavy atom. The lowest BCUT2D eigenvalue weighted by molar-refractivity contribution is -0.149. The molecule has 1 saturated carbocycles. The Balaban J connectivity index is 2.22. The van der Waals surface area contributed by atoms with E-state index in [0.717, 1.165) is 25.7 Å². The highest BCUT2D eigenvalue weighted by Crippen LogP contribution is 2.39. The van der Waals surface area contributed by atoms with Gasteiger partial charge in [0.15, 0.2) is 5.60 Å². The van der Waals surface area contributed by atoms with Gasteiger partial charge >= 0.3 is 0 Å². The maximum Gasteiger partial charge on any atom is 0.257 e. The fraction of sp³-hybridized carbons (Fsp3) is 0.500. The van der Waals surface area contributed by atoms with Crippen LogP contribution in [0.15, 0.2) is 30.3 Å². The van der Waals surface area contributed by atoms with E-state index in [1.54, 1.807) is 0 Å². The number of benzene rings is 1. The van der Waals surface area contributed by atoms with E-state index in [-0.39, 0.29) is 24.9 Å². The monoisotopic (exact) mass is 300 g/mol. The zero-order valence-electron chi connectivity index (χ0n) is 12.8. The molecule has 1 aliphatic carbocycles. The van der Waals surface area contributed by atoms with Gasteiger partial charge in [-0.3, -0.25) is 4.79 Å². The standard InChI is InChI=1S/C18H24N2O2/c19-13-7-8-14-20-17(21)18(22,15-9-3-1-4-10-15)16-11-5-2-6-12-16/h1,3-4,9-10,16,22H,2,5-6,11-14,19H2,(H,20,21). The lowest BCUT2D eigenvalue weighted by Crippen LogP contribution is -2.50. The first kappa shape index (κ1) is 16.5. The van der Waals surface area contributed by atoms with Gasteiger partial charge in [-0.25, -0.2) is 0 Å². The second-order valence-electron chi connectivity index (χ2n) is 5.71. The second-order valence-corrected chi connectivity index (χ2v) is 5.71. The fourth-order valence-electron chi connectivity index (χ4n) is 3.16. The number of carbonyl (C=O) groups excluding carboxylic acids is 1. The van der Waals surface area contributed by atoms with Crippen molar-refractivity contribution < 1.29 is 9.90 Å². The van der Waals surface area contributed by atoms with Gasteiger partial charge in [-0.2, -0.15) is 0 Å². The first-order chi connectivity index (χ1) is 10.7. The molecule has 1 aromatic carbocycles. The minimum atomic E-state index is -1.48. The zero-order valence-corrected chi connectivity index (χ0v) is 12.8. The molecule has 0 spiro atoms. The molecule has 0 heterocycles. The molecular formula is C18H24N2O2. The van der Waals surface area contributed by atoms with Gasteiger partial charge in [-0.05, 0) is 18.4 Å². The molecule has 2 rings (SSSR count). The van der Waals surface area contributed by atoms with E-state index in [2.05, 4.69) is 17.2 Å². The number of aliphatic hydroxyl groups is 1. The van der Waals surface area contributed by atoms with E-state index < -0.39 is 5.60 Å². The first-order valence-corrected chi connectivity index (χ1v) is 7.91. The van der Waals surface area contributed by atoms with Crippen molar-refractivity contribution in [1.29, 1.82) is 0 Å². The van der Waals surface area contributed by atoms with Crippen LogP contribution in [-0.2, 0) is 10.4 Å². The van der Waals surface area contributed by atoms with E-state index in [4.69, 9.17) is 5.73 Å². The molecule has 1 unspecified atom stereocenters. The van der Waals surface area contributed by atoms with Crippen LogP contribution in [0.2, 0.25) is 0 Å². The molecular weight excluding hydrogens is 276 g/mol. The van der Waals surface area contributed by atoms with Crippen molar-refractivity contribution in [3.63, 3.8) is 0 Å². The molecule has 1 amide bonds. The average molecular weight is 300 g/mol. The summed E-state index contributed by atoms with van der Waals surface area (Å²) in [7, 11) is 0. The summed E-state index contributed by atoms with van der Waals surface area (Å²) in [6, 6.07) is 9.23. The van der Waals surface area contributed by atoms with Crippen molar-refractivity contribution in [2.24, 2.45) is 11.7 Å². The first-order valence-electron chi connectivity index (χ1n) is 7.91. The van der Waals surface area contributed by atoms with Crippen molar-refractivity contribution >= 4 is 5.91 Å². The molecule has 1 aromatic rings. The summed E-state index contributed by atoms with van der Waals surface area (Å²) in [6.45, 7) is 0.472. The molecule has 4 heteroatoms. The van der Waals surface area contributed by atoms with Gasteiger partial charge in [0, 0.05) is 5.92 Å². The molecule has 1 aliphatic rings. The molecule has 1 atom stereocenters. The molecule has 0 bridgehead atoms. The van der Waals surface area contributed by atoms with Gasteiger partial charge in [0.2, 0.25) is 0 Å². The molecule has 4 N–H and O–H groups in total. The molecule has 22 heavy (non-hydrogen) atoms. The maximum atomic E-state index is 12.7. The Bertz CT molecular complexity index is 541. The van der Waals surface area contributed by atoms with E-state index in [0.29, 0.717) is 5.56 Å². The van der Waals surface area contributed by atoms with E-state index in [9.17, 15) is 9.90 Å². The number of hydrogen-bond donors (Lipinski definition) is 3. The zero-order chi connectivity index (χ0) is 15.8. The highest BCUT2D eigenvalue weighted by atomic mass is 16.3. The third-order valence-corrected chi connectivity index (χ3v) is 4.32. The highest BCUT2D eigenvalue weighted by molar-refractivity contribution is 5.87. The summed E-state index contributed by atoms with van der Waals surface area (Å²) in [5, 5.41) is 14.0. The molecule has 4 nitrogen and oxygen atoms in total. The predicted octanol–water partition coefficient (Wildman–Crippen LogP) is 1.53. The van der Waals surface area contributed by atoms with Crippen LogP contribution in [0.25, 0.3) is 0 Å². The Hall–Kier alpha value is -1.83. The van der Waals surface area contributed by atoms with Crippen LogP contribution < -0.4 is 11.1 Å². The molecule has 118 valence electrons. The fourth-order valence-corrected chi connectivity index (χ4v) is 3.16. The number of nitrogens with one attached hydrogen (secondary N) is 1. The largest absolute Gasteiger partial charge is 0.375 e. The third kappa shape index (κ3) is 3.68. The Morgan fingerprint density at radius 2 is 1.91 bits per heavy atom. The topological polar surface area (TPSA) is 75.3 Å². The Labute approximate surface area is 132 Å². The van der Waals surface area contributed by atoms with E-state index in [1.807, 2.05) is 30.3 Å². The SMILES string of the molecule is NCC#CCNC(=O)C(O)(c1ccccc1)C1CCCCC1. The molecule has 0 radical (unpaired) electrons. The van der Waals surface area contributed by atoms with E-state index in [1.165, 1.54) is 6.42 Å². The molecule has 0 aromatic heterocycles. The summed E-state index contributed by atoms with van der Waals surface area (Å²) >= 11 is 0. The lowest BCUT2D eigenvalue weighted by atomic mass is 9.73. The van der Waals surface area contributed by atoms with Crippen LogP contribution in [0.3, 0.4) is 0 Å². The summed E-state index contributed by atoms with van der Waals surface area (Å²) in [5.41, 5.74) is 4.48. The average Bonchev–Trinajstić information content (AvgIpc) is 2.59. The number of hydrogen-bond acceptors (Lipinski definition) is 3. The summed E-state index contributed by atoms with van der Waals surface area (Å²) in [4.78, 5) is 12.7. The van der Waals surface area contributed by atoms with Crippen LogP contribution in [0, 0.1) is 17.8 Å². The molecule has 1 fully saturated rings. The van der Waals surface area contributed by atoms with Crippen LogP contribution in [0.5, 0.6) is 0 Å². The van der Waals surface area contributed by atoms with Crippen molar-refractivity contribution in [1.82, 2.24) is 5.32 Å². The normalized spacial score (nSPS) is 17.9. The number of carbonyl (C=O) groups is 1. The van der Waals surface area contributed by atoms with Crippen molar-refractivity contribution in [2.75, 3.05) is 13.1 Å². The quantitative estimate of drug-likeness (QED) is 0.738. The van der Waals surface area contributed by atoms with E-state index >= 15 is 0 Å². The predicted molar refractivity (Wildman–Crippen MR) is 86.8 cm³/mol. The molecule has 0 saturated heterocycles. The number of amides is 1.